The van der Waals surface area contributed by atoms with Gasteiger partial charge < -0.3 is 14.2 Å². The monoisotopic (exact) mass is 733 g/mol. The van der Waals surface area contributed by atoms with E-state index in [-0.39, 0.29) is 59.6 Å². The van der Waals surface area contributed by atoms with Crippen LogP contribution in [0.25, 0.3) is 0 Å². The van der Waals surface area contributed by atoms with Gasteiger partial charge in [-0.15, -0.1) is 0 Å². The summed E-state index contributed by atoms with van der Waals surface area (Å²) < 4.78 is 14.6. The molecule has 0 spiro atoms. The van der Waals surface area contributed by atoms with E-state index in [2.05, 4.69) is 79.4 Å². The molecule has 0 fully saturated rings. The molecule has 0 amide bonds. The molecule has 0 aliphatic rings. The molecular formula is C30H60O6S3Sb. The fraction of sp³-hybridized carbons (Fsp3) is 0.900. The zero-order chi connectivity index (χ0) is 30.3. The van der Waals surface area contributed by atoms with Gasteiger partial charge in [-0.3, -0.25) is 14.4 Å². The quantitative estimate of drug-likeness (QED) is 0.0370. The summed E-state index contributed by atoms with van der Waals surface area (Å²) in [7, 11) is 0. The summed E-state index contributed by atoms with van der Waals surface area (Å²) >= 11 is 11.4. The van der Waals surface area contributed by atoms with Crippen molar-refractivity contribution in [2.45, 2.75) is 119 Å². The van der Waals surface area contributed by atoms with Crippen LogP contribution in [0.1, 0.15) is 119 Å². The van der Waals surface area contributed by atoms with Crippen LogP contribution < -0.4 is 0 Å². The van der Waals surface area contributed by atoms with Crippen molar-refractivity contribution in [2.24, 2.45) is 17.8 Å². The van der Waals surface area contributed by atoms with Crippen molar-refractivity contribution in [3.63, 3.8) is 0 Å². The second kappa shape index (κ2) is 37.3. The molecule has 0 aliphatic heterocycles. The third-order valence-electron chi connectivity index (χ3n) is 5.45. The zero-order valence-electron chi connectivity index (χ0n) is 26.2. The van der Waals surface area contributed by atoms with Gasteiger partial charge in [0.2, 0.25) is 0 Å². The Morgan fingerprint density at radius 2 is 0.675 bits per heavy atom. The number of rotatable bonds is 21. The first-order valence-electron chi connectivity index (χ1n) is 14.8. The largest absolute Gasteiger partial charge is 0.465 e. The Balaban J connectivity index is -0.000000240. The van der Waals surface area contributed by atoms with Crippen LogP contribution in [-0.4, -0.2) is 79.4 Å². The van der Waals surface area contributed by atoms with Gasteiger partial charge >= 0.3 is 17.9 Å². The third kappa shape index (κ3) is 48.0. The number of hydrogen-bond acceptors (Lipinski definition) is 9. The molecule has 0 aromatic carbocycles. The van der Waals surface area contributed by atoms with E-state index >= 15 is 0 Å². The summed E-state index contributed by atoms with van der Waals surface area (Å²) in [6.45, 7) is 15.0. The van der Waals surface area contributed by atoms with Crippen LogP contribution in [0.3, 0.4) is 0 Å². The van der Waals surface area contributed by atoms with E-state index in [9.17, 15) is 14.4 Å². The van der Waals surface area contributed by atoms with Crippen LogP contribution in [-0.2, 0) is 28.6 Å². The molecule has 0 unspecified atom stereocenters. The first kappa shape index (κ1) is 47.2. The summed E-state index contributed by atoms with van der Waals surface area (Å²) in [5, 5.41) is 0. The minimum atomic E-state index is -0.216. The van der Waals surface area contributed by atoms with Crippen molar-refractivity contribution >= 4 is 80.2 Å². The van der Waals surface area contributed by atoms with E-state index in [1.54, 1.807) is 0 Å². The molecule has 0 aromatic rings. The van der Waals surface area contributed by atoms with E-state index in [0.717, 1.165) is 56.3 Å². The van der Waals surface area contributed by atoms with E-state index in [1.807, 2.05) is 0 Å². The summed E-state index contributed by atoms with van der Waals surface area (Å²) in [5.74, 6) is 2.25. The Bertz CT molecular complexity index is 487. The Hall–Kier alpha value is 0.278. The Kier molecular flexibility index (Phi) is 44.0. The van der Waals surface area contributed by atoms with Gasteiger partial charge in [0.1, 0.15) is 0 Å². The number of esters is 3. The van der Waals surface area contributed by atoms with Gasteiger partial charge in [-0.1, -0.05) is 99.3 Å². The normalized spacial score (nSPS) is 10.2. The second-order valence-electron chi connectivity index (χ2n) is 10.9. The molecule has 0 heterocycles. The standard InChI is InChI=1S/3C10H20O2S.Sb/c3*1-9(2)6-4-3-5-7-12-10(11)8-13;/h3*9,13H,3-8H2,1-2H3;. The molecule has 40 heavy (non-hydrogen) atoms. The molecule has 0 saturated carbocycles. The first-order chi connectivity index (χ1) is 18.5. The minimum absolute atomic E-state index is 0. The molecule has 0 rings (SSSR count). The average molecular weight is 735 g/mol. The summed E-state index contributed by atoms with van der Waals surface area (Å²) in [4.78, 5) is 32.0. The van der Waals surface area contributed by atoms with Crippen molar-refractivity contribution in [3.05, 3.63) is 0 Å². The number of carbonyl (C=O) groups excluding carboxylic acids is 3. The fourth-order valence-electron chi connectivity index (χ4n) is 3.19. The van der Waals surface area contributed by atoms with Crippen LogP contribution in [0.2, 0.25) is 0 Å². The van der Waals surface area contributed by atoms with Gasteiger partial charge in [0.25, 0.3) is 0 Å². The van der Waals surface area contributed by atoms with Crippen LogP contribution in [0.15, 0.2) is 0 Å². The second-order valence-corrected chi connectivity index (χ2v) is 11.8. The maximum absolute atomic E-state index is 10.7. The summed E-state index contributed by atoms with van der Waals surface area (Å²) in [6, 6.07) is 0. The smallest absolute Gasteiger partial charge is 0.315 e. The number of thiol groups is 3. The molecule has 239 valence electrons. The van der Waals surface area contributed by atoms with Crippen molar-refractivity contribution in [2.75, 3.05) is 37.1 Å². The van der Waals surface area contributed by atoms with Crippen LogP contribution in [0.5, 0.6) is 0 Å². The molecule has 0 bridgehead atoms. The maximum Gasteiger partial charge on any atom is 0.315 e. The van der Waals surface area contributed by atoms with Gasteiger partial charge in [0.05, 0.1) is 37.1 Å². The first-order valence-corrected chi connectivity index (χ1v) is 16.7. The van der Waals surface area contributed by atoms with Crippen molar-refractivity contribution < 1.29 is 28.6 Å². The van der Waals surface area contributed by atoms with Gasteiger partial charge in [-0.2, -0.15) is 37.9 Å². The molecule has 0 N–H and O–H groups in total. The van der Waals surface area contributed by atoms with E-state index in [0.29, 0.717) is 19.8 Å². The van der Waals surface area contributed by atoms with Crippen molar-refractivity contribution in [3.8, 4) is 0 Å². The van der Waals surface area contributed by atoms with E-state index < -0.39 is 0 Å². The molecule has 10 heteroatoms. The van der Waals surface area contributed by atoms with Gasteiger partial charge in [-0.05, 0) is 37.0 Å². The van der Waals surface area contributed by atoms with Gasteiger partial charge in [-0.25, -0.2) is 0 Å². The van der Waals surface area contributed by atoms with Crippen molar-refractivity contribution in [1.29, 1.82) is 0 Å². The SMILES string of the molecule is CC(C)CCCCCOC(=O)CS.CC(C)CCCCCOC(=O)CS.CC(C)CCCCCOC(=O)CS.[Sb]. The Labute approximate surface area is 280 Å². The maximum atomic E-state index is 10.7. The minimum Gasteiger partial charge on any atom is -0.465 e. The molecule has 6 nitrogen and oxygen atoms in total. The predicted molar refractivity (Wildman–Crippen MR) is 180 cm³/mol. The fourth-order valence-corrected chi connectivity index (χ4v) is 3.46. The summed E-state index contributed by atoms with van der Waals surface area (Å²) in [6.07, 6.45) is 13.9. The van der Waals surface area contributed by atoms with Crippen LogP contribution in [0, 0.1) is 17.8 Å². The Morgan fingerprint density at radius 3 is 0.850 bits per heavy atom. The predicted octanol–water partition coefficient (Wildman–Crippen LogP) is 7.65. The Morgan fingerprint density at radius 1 is 0.450 bits per heavy atom. The van der Waals surface area contributed by atoms with E-state index in [4.69, 9.17) is 14.2 Å². The topological polar surface area (TPSA) is 78.9 Å². The van der Waals surface area contributed by atoms with Crippen molar-refractivity contribution in [1.82, 2.24) is 0 Å². The van der Waals surface area contributed by atoms with Crippen LogP contribution in [0.4, 0.5) is 0 Å². The molecular weight excluding hydrogens is 674 g/mol. The average Bonchev–Trinajstić information content (AvgIpc) is 2.89. The van der Waals surface area contributed by atoms with Gasteiger partial charge in [0, 0.05) is 24.4 Å². The molecule has 0 aromatic heterocycles. The number of unbranched alkanes of at least 4 members (excludes halogenated alkanes) is 6. The molecule has 0 aliphatic carbocycles. The molecule has 3 radical (unpaired) electrons. The van der Waals surface area contributed by atoms with Gasteiger partial charge in [0.15, 0.2) is 0 Å². The zero-order valence-corrected chi connectivity index (χ0v) is 31.4. The van der Waals surface area contributed by atoms with E-state index in [1.165, 1.54) is 38.5 Å². The summed E-state index contributed by atoms with van der Waals surface area (Å²) in [5.41, 5.74) is 0. The van der Waals surface area contributed by atoms with Crippen LogP contribution >= 0.6 is 37.9 Å². The molecule has 0 saturated heterocycles. The third-order valence-corrected chi connectivity index (χ3v) is 6.23. The number of carbonyl (C=O) groups is 3. The molecule has 0 atom stereocenters. The number of ether oxygens (including phenoxy) is 3. The number of hydrogen-bond donors (Lipinski definition) is 3.